The first-order valence-electron chi connectivity index (χ1n) is 9.83. The van der Waals surface area contributed by atoms with Crippen molar-refractivity contribution in [2.45, 2.75) is 26.0 Å². The summed E-state index contributed by atoms with van der Waals surface area (Å²) in [5.74, 6) is 0. The van der Waals surface area contributed by atoms with Gasteiger partial charge in [0, 0.05) is 45.0 Å². The number of rotatable bonds is 3. The van der Waals surface area contributed by atoms with E-state index in [0.29, 0.717) is 13.2 Å². The summed E-state index contributed by atoms with van der Waals surface area (Å²) in [5.41, 5.74) is 4.88. The third-order valence-electron chi connectivity index (χ3n) is 5.37. The van der Waals surface area contributed by atoms with Crippen LogP contribution in [-0.4, -0.2) is 43.7 Å². The fourth-order valence-electron chi connectivity index (χ4n) is 3.83. The Hall–Kier alpha value is -2.53. The molecule has 0 radical (unpaired) electrons. The summed E-state index contributed by atoms with van der Waals surface area (Å²) in [6, 6.07) is 16.6. The molecule has 2 aliphatic rings. The molecular weight excluding hydrogens is 338 g/mol. The molecule has 5 heteroatoms. The van der Waals surface area contributed by atoms with Gasteiger partial charge in [-0.3, -0.25) is 0 Å². The van der Waals surface area contributed by atoms with Crippen LogP contribution in [0.2, 0.25) is 0 Å². The lowest BCUT2D eigenvalue weighted by molar-refractivity contribution is 0.0942. The third kappa shape index (κ3) is 4.42. The van der Waals surface area contributed by atoms with E-state index >= 15 is 0 Å². The van der Waals surface area contributed by atoms with Crippen molar-refractivity contribution in [3.63, 3.8) is 0 Å². The van der Waals surface area contributed by atoms with Gasteiger partial charge in [-0.1, -0.05) is 36.4 Å². The first-order chi connectivity index (χ1) is 13.3. The van der Waals surface area contributed by atoms with Crippen molar-refractivity contribution in [3.05, 3.63) is 65.2 Å². The number of amides is 1. The molecule has 5 nitrogen and oxygen atoms in total. The van der Waals surface area contributed by atoms with Gasteiger partial charge in [0.25, 0.3) is 0 Å². The number of nitrogens with zero attached hydrogens (tertiary/aromatic N) is 2. The molecule has 1 saturated heterocycles. The van der Waals surface area contributed by atoms with Crippen LogP contribution in [0.1, 0.15) is 23.1 Å². The highest BCUT2D eigenvalue weighted by Gasteiger charge is 2.21. The Balaban J connectivity index is 1.44. The fraction of sp³-hybridized carbons (Fsp3) is 0.409. The van der Waals surface area contributed by atoms with Crippen LogP contribution in [0.25, 0.3) is 0 Å². The van der Waals surface area contributed by atoms with Crippen molar-refractivity contribution >= 4 is 11.8 Å². The van der Waals surface area contributed by atoms with E-state index in [1.807, 2.05) is 35.2 Å². The number of benzene rings is 2. The van der Waals surface area contributed by atoms with Gasteiger partial charge < -0.3 is 19.9 Å². The first-order valence-corrected chi connectivity index (χ1v) is 9.83. The van der Waals surface area contributed by atoms with Crippen LogP contribution in [0.5, 0.6) is 0 Å². The highest BCUT2D eigenvalue weighted by atomic mass is 16.6. The van der Waals surface area contributed by atoms with Crippen molar-refractivity contribution in [2.75, 3.05) is 37.6 Å². The Morgan fingerprint density at radius 3 is 2.63 bits per heavy atom. The Morgan fingerprint density at radius 1 is 1.00 bits per heavy atom. The number of anilines is 1. The summed E-state index contributed by atoms with van der Waals surface area (Å²) in [7, 11) is 0. The van der Waals surface area contributed by atoms with Gasteiger partial charge >= 0.3 is 6.09 Å². The molecule has 2 heterocycles. The summed E-state index contributed by atoms with van der Waals surface area (Å²) < 4.78 is 5.55. The molecule has 142 valence electrons. The lowest BCUT2D eigenvalue weighted by Crippen LogP contribution is -2.43. The number of ether oxygens (including phenoxy) is 1. The van der Waals surface area contributed by atoms with E-state index in [4.69, 9.17) is 4.74 Å². The monoisotopic (exact) mass is 365 g/mol. The second-order valence-electron chi connectivity index (χ2n) is 7.26. The van der Waals surface area contributed by atoms with E-state index in [-0.39, 0.29) is 6.09 Å². The molecule has 2 aromatic carbocycles. The Labute approximate surface area is 160 Å². The maximum absolute atomic E-state index is 12.6. The summed E-state index contributed by atoms with van der Waals surface area (Å²) in [5, 5.41) is 3.40. The van der Waals surface area contributed by atoms with Crippen LogP contribution < -0.4 is 10.2 Å². The molecular formula is C22H27N3O2. The minimum atomic E-state index is -0.223. The molecule has 1 amide bonds. The Kier molecular flexibility index (Phi) is 5.58. The van der Waals surface area contributed by atoms with Crippen LogP contribution in [0, 0.1) is 0 Å². The molecule has 0 aliphatic carbocycles. The van der Waals surface area contributed by atoms with E-state index in [9.17, 15) is 4.79 Å². The number of carbonyl (C=O) groups excluding carboxylic acids is 1. The van der Waals surface area contributed by atoms with Crippen molar-refractivity contribution in [1.82, 2.24) is 10.2 Å². The number of aryl methyl sites for hydroxylation is 1. The van der Waals surface area contributed by atoms with Crippen LogP contribution >= 0.6 is 0 Å². The number of piperazine rings is 1. The zero-order valence-corrected chi connectivity index (χ0v) is 15.7. The maximum Gasteiger partial charge on any atom is 0.410 e. The van der Waals surface area contributed by atoms with Crippen molar-refractivity contribution < 1.29 is 9.53 Å². The summed E-state index contributed by atoms with van der Waals surface area (Å²) >= 11 is 0. The molecule has 1 N–H and O–H groups in total. The van der Waals surface area contributed by atoms with Gasteiger partial charge in [0.05, 0.1) is 0 Å². The number of fused-ring (bicyclic) bond motifs is 1. The maximum atomic E-state index is 12.6. The van der Waals surface area contributed by atoms with Crippen molar-refractivity contribution in [3.8, 4) is 0 Å². The fourth-order valence-corrected chi connectivity index (χ4v) is 3.83. The Morgan fingerprint density at radius 2 is 1.81 bits per heavy atom. The SMILES string of the molecule is O=C(OCc1ccccc1)N1CCCc2ccc(N3CCNCC3)cc2C1. The topological polar surface area (TPSA) is 44.8 Å². The third-order valence-corrected chi connectivity index (χ3v) is 5.37. The van der Waals surface area contributed by atoms with E-state index in [0.717, 1.165) is 51.1 Å². The largest absolute Gasteiger partial charge is 0.445 e. The van der Waals surface area contributed by atoms with Gasteiger partial charge in [-0.2, -0.15) is 0 Å². The minimum absolute atomic E-state index is 0.223. The molecule has 4 rings (SSSR count). The Bertz CT molecular complexity index is 772. The van der Waals surface area contributed by atoms with Crippen molar-refractivity contribution in [2.24, 2.45) is 0 Å². The number of nitrogens with one attached hydrogen (secondary N) is 1. The summed E-state index contributed by atoms with van der Waals surface area (Å²) in [4.78, 5) is 16.9. The van der Waals surface area contributed by atoms with Crippen LogP contribution in [-0.2, 0) is 24.3 Å². The van der Waals surface area contributed by atoms with Crippen molar-refractivity contribution in [1.29, 1.82) is 0 Å². The van der Waals surface area contributed by atoms with Gasteiger partial charge in [-0.05, 0) is 41.7 Å². The molecule has 2 aromatic rings. The second-order valence-corrected chi connectivity index (χ2v) is 7.26. The lowest BCUT2D eigenvalue weighted by Gasteiger charge is -2.30. The standard InChI is InChI=1S/C22H27N3O2/c26-22(27-17-18-5-2-1-3-6-18)25-12-4-7-19-8-9-21(15-20(19)16-25)24-13-10-23-11-14-24/h1-3,5-6,8-9,15,23H,4,7,10-14,16-17H2. The molecule has 0 saturated carbocycles. The van der Waals surface area contributed by atoms with Crippen LogP contribution in [0.4, 0.5) is 10.5 Å². The normalized spacial score (nSPS) is 17.2. The summed E-state index contributed by atoms with van der Waals surface area (Å²) in [6.45, 7) is 5.80. The second kappa shape index (κ2) is 8.44. The molecule has 0 bridgehead atoms. The molecule has 0 unspecified atom stereocenters. The number of hydrogen-bond donors (Lipinski definition) is 1. The minimum Gasteiger partial charge on any atom is -0.445 e. The van der Waals surface area contributed by atoms with E-state index in [1.54, 1.807) is 0 Å². The van der Waals surface area contributed by atoms with E-state index in [1.165, 1.54) is 16.8 Å². The molecule has 0 aromatic heterocycles. The predicted molar refractivity (Wildman–Crippen MR) is 107 cm³/mol. The average molecular weight is 365 g/mol. The smallest absolute Gasteiger partial charge is 0.410 e. The molecule has 0 atom stereocenters. The summed E-state index contributed by atoms with van der Waals surface area (Å²) in [6.07, 6.45) is 1.76. The molecule has 27 heavy (non-hydrogen) atoms. The van der Waals surface area contributed by atoms with Gasteiger partial charge in [0.15, 0.2) is 0 Å². The van der Waals surface area contributed by atoms with Crippen LogP contribution in [0.3, 0.4) is 0 Å². The van der Waals surface area contributed by atoms with Gasteiger partial charge in [-0.15, -0.1) is 0 Å². The van der Waals surface area contributed by atoms with E-state index < -0.39 is 0 Å². The van der Waals surface area contributed by atoms with E-state index in [2.05, 4.69) is 28.4 Å². The predicted octanol–water partition coefficient (Wildman–Crippen LogP) is 3.18. The average Bonchev–Trinajstić information content (AvgIpc) is 2.95. The number of hydrogen-bond acceptors (Lipinski definition) is 4. The number of carbonyl (C=O) groups is 1. The molecule has 2 aliphatic heterocycles. The van der Waals surface area contributed by atoms with Gasteiger partial charge in [0.1, 0.15) is 6.61 Å². The lowest BCUT2D eigenvalue weighted by atomic mass is 10.0. The zero-order valence-electron chi connectivity index (χ0n) is 15.7. The zero-order chi connectivity index (χ0) is 18.5. The van der Waals surface area contributed by atoms with Crippen LogP contribution in [0.15, 0.2) is 48.5 Å². The molecule has 1 fully saturated rings. The van der Waals surface area contributed by atoms with Gasteiger partial charge in [-0.25, -0.2) is 4.79 Å². The molecule has 0 spiro atoms. The highest BCUT2D eigenvalue weighted by Crippen LogP contribution is 2.25. The van der Waals surface area contributed by atoms with Gasteiger partial charge in [0.2, 0.25) is 0 Å². The first kappa shape index (κ1) is 17.9. The quantitative estimate of drug-likeness (QED) is 0.907. The highest BCUT2D eigenvalue weighted by molar-refractivity contribution is 5.68.